The number of nitrogens with zero attached hydrogens (tertiary/aromatic N) is 6. The van der Waals surface area contributed by atoms with Crippen molar-refractivity contribution in [2.75, 3.05) is 18.9 Å². The molecule has 7 heterocycles. The number of phosphoric acid groups is 2. The lowest BCUT2D eigenvalue weighted by atomic mass is 10.1. The van der Waals surface area contributed by atoms with Crippen molar-refractivity contribution in [3.05, 3.63) is 28.7 Å². The van der Waals surface area contributed by atoms with Crippen molar-refractivity contribution in [1.29, 1.82) is 0 Å². The van der Waals surface area contributed by atoms with E-state index in [9.17, 15) is 33.6 Å². The Labute approximate surface area is 244 Å². The second kappa shape index (κ2) is 10.7. The van der Waals surface area contributed by atoms with E-state index in [-0.39, 0.29) is 47.2 Å². The molecule has 44 heavy (non-hydrogen) atoms. The summed E-state index contributed by atoms with van der Waals surface area (Å²) in [5, 5.41) is 11.0. The minimum Gasteiger partial charge on any atom is -0.387 e. The van der Waals surface area contributed by atoms with Gasteiger partial charge in [-0.3, -0.25) is 41.8 Å². The maximum atomic E-state index is 13.2. The van der Waals surface area contributed by atoms with E-state index in [1.54, 1.807) is 0 Å². The molecule has 23 heteroatoms. The lowest BCUT2D eigenvalue weighted by Gasteiger charge is -2.25. The van der Waals surface area contributed by atoms with Crippen LogP contribution in [-0.4, -0.2) is 99.7 Å². The van der Waals surface area contributed by atoms with Crippen LogP contribution < -0.4 is 11.3 Å². The molecule has 0 aliphatic carbocycles. The second-order valence-corrected chi connectivity index (χ2v) is 13.0. The number of aliphatic imine (C=N–C) groups is 1. The summed E-state index contributed by atoms with van der Waals surface area (Å²) in [6, 6.07) is 0. The van der Waals surface area contributed by atoms with E-state index in [0.717, 1.165) is 10.9 Å². The van der Waals surface area contributed by atoms with Gasteiger partial charge in [-0.05, 0) is 0 Å². The molecule has 0 spiro atoms. The summed E-state index contributed by atoms with van der Waals surface area (Å²) in [6.45, 7) is -1.43. The first-order valence-electron chi connectivity index (χ1n) is 13.0. The third-order valence-corrected chi connectivity index (χ3v) is 9.38. The number of nitrogen functional groups attached to an aromatic ring is 1. The van der Waals surface area contributed by atoms with Crippen LogP contribution >= 0.6 is 15.6 Å². The average Bonchev–Trinajstić information content (AvgIpc) is 3.72. The number of aromatic amines is 1. The highest BCUT2D eigenvalue weighted by atomic mass is 31.2. The molecule has 3 fully saturated rings. The predicted molar refractivity (Wildman–Crippen MR) is 142 cm³/mol. The Morgan fingerprint density at radius 2 is 1.70 bits per heavy atom. The summed E-state index contributed by atoms with van der Waals surface area (Å²) < 4.78 is 61.5. The molecule has 236 valence electrons. The van der Waals surface area contributed by atoms with Crippen molar-refractivity contribution in [2.45, 2.75) is 55.8 Å². The Kier molecular flexibility index (Phi) is 7.18. The number of aromatic nitrogens is 6. The number of carbonyl (C=O) groups is 1. The van der Waals surface area contributed by atoms with Crippen molar-refractivity contribution in [2.24, 2.45) is 4.99 Å². The van der Waals surface area contributed by atoms with Gasteiger partial charge in [0.1, 0.15) is 36.7 Å². The number of nitrogens with one attached hydrogen (secondary N) is 1. The number of hydrogen-bond acceptors (Lipinski definition) is 16. The molecule has 3 aromatic heterocycles. The van der Waals surface area contributed by atoms with Crippen molar-refractivity contribution in [3.8, 4) is 0 Å². The van der Waals surface area contributed by atoms with E-state index in [4.69, 9.17) is 33.3 Å². The lowest BCUT2D eigenvalue weighted by molar-refractivity contribution is -0.0672. The Balaban J connectivity index is 1.18. The smallest absolute Gasteiger partial charge is 0.387 e. The number of anilines is 1. The van der Waals surface area contributed by atoms with Crippen molar-refractivity contribution < 1.29 is 56.4 Å². The van der Waals surface area contributed by atoms with Crippen LogP contribution in [-0.2, 0) is 36.7 Å². The van der Waals surface area contributed by atoms with Crippen LogP contribution in [0.1, 0.15) is 35.8 Å². The van der Waals surface area contributed by atoms with Gasteiger partial charge in [-0.2, -0.15) is 4.98 Å². The van der Waals surface area contributed by atoms with Crippen LogP contribution in [0.2, 0.25) is 0 Å². The molecule has 3 aromatic rings. The van der Waals surface area contributed by atoms with Crippen LogP contribution in [0, 0.1) is 0 Å². The molecule has 4 aliphatic heterocycles. The molecule has 0 amide bonds. The van der Waals surface area contributed by atoms with Gasteiger partial charge in [-0.15, -0.1) is 0 Å². The SMILES string of the molecule is Nc1nc2c(ncn2[C@@H]2O[C@@H]3COP(=O)(O)OC4C[C@H](n5cnc6c5N=CCC6=O)O[C@@H]4COP(=O)(O)O[C@H]2C3O)c(=O)[nH]1. The number of Topliss-reactive ketones (excluding diaryl/α,β-unsaturated/α-hetero) is 1. The number of ether oxygens (including phenoxy) is 2. The van der Waals surface area contributed by atoms with E-state index in [2.05, 4.69) is 24.9 Å². The summed E-state index contributed by atoms with van der Waals surface area (Å²) in [5.74, 6) is -0.317. The summed E-state index contributed by atoms with van der Waals surface area (Å²) in [4.78, 5) is 64.2. The molecule has 9 atom stereocenters. The van der Waals surface area contributed by atoms with E-state index >= 15 is 0 Å². The Hall–Kier alpha value is -3.20. The van der Waals surface area contributed by atoms with Gasteiger partial charge in [-0.1, -0.05) is 0 Å². The minimum atomic E-state index is -5.02. The fourth-order valence-corrected chi connectivity index (χ4v) is 7.27. The number of nitrogens with two attached hydrogens (primary N) is 1. The number of phosphoric ester groups is 2. The van der Waals surface area contributed by atoms with Gasteiger partial charge in [0, 0.05) is 19.1 Å². The van der Waals surface area contributed by atoms with E-state index in [1.807, 2.05) is 0 Å². The minimum absolute atomic E-state index is 0.0791. The van der Waals surface area contributed by atoms with Crippen molar-refractivity contribution in [3.63, 3.8) is 0 Å². The van der Waals surface area contributed by atoms with Gasteiger partial charge in [0.05, 0.1) is 25.9 Å². The third-order valence-electron chi connectivity index (χ3n) is 7.38. The zero-order chi connectivity index (χ0) is 31.0. The number of fused-ring (bicyclic) bond motifs is 5. The van der Waals surface area contributed by atoms with Gasteiger partial charge in [0.15, 0.2) is 34.7 Å². The van der Waals surface area contributed by atoms with Gasteiger partial charge in [-0.25, -0.2) is 24.1 Å². The highest BCUT2D eigenvalue weighted by molar-refractivity contribution is 7.47. The number of hydrogen-bond donors (Lipinski definition) is 5. The van der Waals surface area contributed by atoms with Crippen LogP contribution in [0.25, 0.3) is 11.2 Å². The standard InChI is InChI=1S/C21H24N8O13P2/c22-21-26-18-14(19(32)27-21)25-7-29(18)20-16-15(31)11(40-20)5-38-43(33,34)41-9-3-12(39-10(9)4-37-44(35,36)42-16)28-6-24-13-8(30)1-2-23-17(13)28/h2,6-7,9-12,15-16,20,31H,1,3-5H2,(H,33,34)(H,35,36)(H3,22,26,27,32)/t9?,10-,11-,12-,15?,16+,20-/m1/s1. The number of aliphatic hydroxyl groups is 1. The second-order valence-electron chi connectivity index (χ2n) is 10.2. The number of H-pyrrole nitrogens is 1. The van der Waals surface area contributed by atoms with Crippen molar-refractivity contribution >= 4 is 50.6 Å². The van der Waals surface area contributed by atoms with Crippen LogP contribution in [0.3, 0.4) is 0 Å². The lowest BCUT2D eigenvalue weighted by Crippen LogP contribution is -2.35. The van der Waals surface area contributed by atoms with E-state index in [1.165, 1.54) is 17.1 Å². The quantitative estimate of drug-likeness (QED) is 0.216. The Morgan fingerprint density at radius 3 is 2.50 bits per heavy atom. The summed E-state index contributed by atoms with van der Waals surface area (Å²) in [5.41, 5.74) is 4.83. The van der Waals surface area contributed by atoms with Gasteiger partial charge in [0.25, 0.3) is 5.56 Å². The normalized spacial score (nSPS) is 37.7. The highest BCUT2D eigenvalue weighted by Gasteiger charge is 2.52. The summed E-state index contributed by atoms with van der Waals surface area (Å²) in [7, 11) is -9.91. The molecular weight excluding hydrogens is 634 g/mol. The van der Waals surface area contributed by atoms with Gasteiger partial charge < -0.3 is 30.1 Å². The zero-order valence-electron chi connectivity index (χ0n) is 22.2. The molecular formula is C21H24N8O13P2. The fourth-order valence-electron chi connectivity index (χ4n) is 5.38. The molecule has 7 rings (SSSR count). The number of rotatable bonds is 2. The molecule has 4 unspecified atom stereocenters. The van der Waals surface area contributed by atoms with Crippen LogP contribution in [0.4, 0.5) is 11.8 Å². The van der Waals surface area contributed by atoms with Gasteiger partial charge >= 0.3 is 15.6 Å². The molecule has 21 nitrogen and oxygen atoms in total. The molecule has 0 saturated carbocycles. The molecule has 3 saturated heterocycles. The number of imidazole rings is 2. The molecule has 0 aromatic carbocycles. The molecule has 6 N–H and O–H groups in total. The Morgan fingerprint density at radius 1 is 0.977 bits per heavy atom. The zero-order valence-corrected chi connectivity index (χ0v) is 24.0. The van der Waals surface area contributed by atoms with Crippen LogP contribution in [0.5, 0.6) is 0 Å². The molecule has 2 bridgehead atoms. The average molecular weight is 658 g/mol. The van der Waals surface area contributed by atoms with E-state index in [0.29, 0.717) is 0 Å². The first-order valence-corrected chi connectivity index (χ1v) is 16.0. The Bertz CT molecular complexity index is 1820. The maximum absolute atomic E-state index is 13.2. The third kappa shape index (κ3) is 5.25. The number of aliphatic hydroxyl groups excluding tert-OH is 1. The predicted octanol–water partition coefficient (Wildman–Crippen LogP) is -0.549. The number of carbonyl (C=O) groups excluding carboxylic acids is 1. The van der Waals surface area contributed by atoms with E-state index < -0.39 is 77.4 Å². The van der Waals surface area contributed by atoms with Gasteiger partial charge in [0.2, 0.25) is 5.95 Å². The first kappa shape index (κ1) is 29.5. The topological polar surface area (TPSA) is 287 Å². The monoisotopic (exact) mass is 658 g/mol. The summed E-state index contributed by atoms with van der Waals surface area (Å²) >= 11 is 0. The molecule has 0 radical (unpaired) electrons. The fraction of sp³-hybridized carbons (Fsp3) is 0.524. The van der Waals surface area contributed by atoms with Crippen LogP contribution in [0.15, 0.2) is 22.4 Å². The number of ketones is 1. The maximum Gasteiger partial charge on any atom is 0.472 e. The summed E-state index contributed by atoms with van der Waals surface area (Å²) in [6.07, 6.45) is -5.82. The molecule has 4 aliphatic rings. The van der Waals surface area contributed by atoms with Crippen molar-refractivity contribution in [1.82, 2.24) is 29.1 Å². The first-order chi connectivity index (χ1) is 20.9. The largest absolute Gasteiger partial charge is 0.472 e. The highest BCUT2D eigenvalue weighted by Crippen LogP contribution is 2.53.